The quantitative estimate of drug-likeness (QED) is 0.598. The number of terminal acetylenes is 1. The molecular formula is C13H19NO4. The molecule has 0 rings (SSSR count). The van der Waals surface area contributed by atoms with Gasteiger partial charge in [-0.15, -0.1) is 13.0 Å². The highest BCUT2D eigenvalue weighted by Gasteiger charge is 2.25. The van der Waals surface area contributed by atoms with Crippen LogP contribution in [0, 0.1) is 18.3 Å². The summed E-state index contributed by atoms with van der Waals surface area (Å²) in [7, 11) is 0. The normalized spacial score (nSPS) is 12.1. The van der Waals surface area contributed by atoms with Crippen molar-refractivity contribution in [1.29, 1.82) is 0 Å². The molecule has 0 aliphatic carbocycles. The molecule has 5 nitrogen and oxygen atoms in total. The topological polar surface area (TPSA) is 66.8 Å². The van der Waals surface area contributed by atoms with Crippen molar-refractivity contribution in [3.63, 3.8) is 0 Å². The highest BCUT2D eigenvalue weighted by atomic mass is 16.6. The van der Waals surface area contributed by atoms with E-state index in [4.69, 9.17) is 16.3 Å². The summed E-state index contributed by atoms with van der Waals surface area (Å²) >= 11 is 0. The molecule has 0 aromatic heterocycles. The molecule has 0 spiro atoms. The van der Waals surface area contributed by atoms with E-state index in [2.05, 4.69) is 12.5 Å². The van der Waals surface area contributed by atoms with Gasteiger partial charge in [-0.1, -0.05) is 12.0 Å². The number of carboxylic acids is 1. The number of ether oxygens (including phenoxy) is 1. The Balaban J connectivity index is 4.78. The largest absolute Gasteiger partial charge is 0.480 e. The standard InChI is InChI=1S/C13H19NO4/c1-6-10(7-2)8-14(9-11(15)16)12(17)18-13(3,4)5/h1,7,10H,2,8-9H2,3-5H3,(H,15,16)/t10-/m0/s1. The number of carbonyl (C=O) groups excluding carboxylic acids is 1. The highest BCUT2D eigenvalue weighted by Crippen LogP contribution is 2.11. The van der Waals surface area contributed by atoms with Crippen molar-refractivity contribution < 1.29 is 19.4 Å². The monoisotopic (exact) mass is 253 g/mol. The van der Waals surface area contributed by atoms with Gasteiger partial charge in [0.25, 0.3) is 0 Å². The summed E-state index contributed by atoms with van der Waals surface area (Å²) in [5.41, 5.74) is -0.687. The fourth-order valence-corrected chi connectivity index (χ4v) is 1.13. The van der Waals surface area contributed by atoms with Gasteiger partial charge in [0.05, 0.1) is 5.92 Å². The predicted octanol–water partition coefficient (Wildman–Crippen LogP) is 1.74. The molecule has 1 amide bonds. The Bertz CT molecular complexity index is 362. The molecule has 0 aromatic carbocycles. The molecule has 1 atom stereocenters. The van der Waals surface area contributed by atoms with Crippen molar-refractivity contribution in [1.82, 2.24) is 4.90 Å². The van der Waals surface area contributed by atoms with Crippen molar-refractivity contribution in [3.8, 4) is 12.3 Å². The van der Waals surface area contributed by atoms with Crippen LogP contribution in [0.2, 0.25) is 0 Å². The third-order valence-corrected chi connectivity index (χ3v) is 1.89. The molecule has 0 saturated heterocycles. The van der Waals surface area contributed by atoms with E-state index in [1.54, 1.807) is 20.8 Å². The Kier molecular flexibility index (Phi) is 5.97. The van der Waals surface area contributed by atoms with Crippen molar-refractivity contribution >= 4 is 12.1 Å². The lowest BCUT2D eigenvalue weighted by molar-refractivity contribution is -0.138. The van der Waals surface area contributed by atoms with Crippen LogP contribution < -0.4 is 0 Å². The van der Waals surface area contributed by atoms with Crippen LogP contribution in [0.1, 0.15) is 20.8 Å². The minimum Gasteiger partial charge on any atom is -0.480 e. The Morgan fingerprint density at radius 2 is 2.11 bits per heavy atom. The van der Waals surface area contributed by atoms with Crippen LogP contribution in [0.5, 0.6) is 0 Å². The number of aliphatic carboxylic acids is 1. The van der Waals surface area contributed by atoms with Gasteiger partial charge in [0, 0.05) is 6.54 Å². The number of amides is 1. The van der Waals surface area contributed by atoms with Gasteiger partial charge in [0.1, 0.15) is 12.1 Å². The second-order valence-electron chi connectivity index (χ2n) is 4.76. The van der Waals surface area contributed by atoms with Crippen LogP contribution in [-0.4, -0.2) is 40.8 Å². The van der Waals surface area contributed by atoms with Gasteiger partial charge in [-0.2, -0.15) is 0 Å². The van der Waals surface area contributed by atoms with Crippen LogP contribution >= 0.6 is 0 Å². The predicted molar refractivity (Wildman–Crippen MR) is 68.0 cm³/mol. The molecule has 0 aliphatic rings. The molecular weight excluding hydrogens is 234 g/mol. The smallest absolute Gasteiger partial charge is 0.410 e. The Morgan fingerprint density at radius 3 is 2.44 bits per heavy atom. The summed E-state index contributed by atoms with van der Waals surface area (Å²) in [5.74, 6) is 0.883. The molecule has 0 heterocycles. The Labute approximate surface area is 107 Å². The van der Waals surface area contributed by atoms with Crippen LogP contribution in [0.15, 0.2) is 12.7 Å². The lowest BCUT2D eigenvalue weighted by Gasteiger charge is -2.27. The fourth-order valence-electron chi connectivity index (χ4n) is 1.13. The summed E-state index contributed by atoms with van der Waals surface area (Å²) in [4.78, 5) is 23.6. The number of hydrogen-bond donors (Lipinski definition) is 1. The molecule has 1 N–H and O–H groups in total. The molecule has 18 heavy (non-hydrogen) atoms. The first-order chi connectivity index (χ1) is 8.19. The van der Waals surface area contributed by atoms with Crippen LogP contribution in [0.3, 0.4) is 0 Å². The van der Waals surface area contributed by atoms with E-state index in [1.165, 1.54) is 6.08 Å². The van der Waals surface area contributed by atoms with E-state index in [9.17, 15) is 9.59 Å². The van der Waals surface area contributed by atoms with E-state index >= 15 is 0 Å². The second kappa shape index (κ2) is 6.70. The molecule has 0 unspecified atom stereocenters. The molecule has 0 fully saturated rings. The maximum atomic E-state index is 11.8. The minimum absolute atomic E-state index is 0.0706. The number of carbonyl (C=O) groups is 2. The van der Waals surface area contributed by atoms with Crippen molar-refractivity contribution in [2.75, 3.05) is 13.1 Å². The summed E-state index contributed by atoms with van der Waals surface area (Å²) in [5, 5.41) is 8.76. The number of rotatable bonds is 5. The fraction of sp³-hybridized carbons (Fsp3) is 0.538. The lowest BCUT2D eigenvalue weighted by Crippen LogP contribution is -2.42. The highest BCUT2D eigenvalue weighted by molar-refractivity contribution is 5.77. The van der Waals surface area contributed by atoms with Gasteiger partial charge in [-0.05, 0) is 20.8 Å². The van der Waals surface area contributed by atoms with Gasteiger partial charge in [-0.25, -0.2) is 4.79 Å². The zero-order valence-electron chi connectivity index (χ0n) is 11.0. The minimum atomic E-state index is -1.12. The summed E-state index contributed by atoms with van der Waals surface area (Å²) in [6, 6.07) is 0. The van der Waals surface area contributed by atoms with Crippen LogP contribution in [0.4, 0.5) is 4.79 Å². The van der Waals surface area contributed by atoms with E-state index in [-0.39, 0.29) is 6.54 Å². The second-order valence-corrected chi connectivity index (χ2v) is 4.76. The molecule has 5 heteroatoms. The van der Waals surface area contributed by atoms with Gasteiger partial charge >= 0.3 is 12.1 Å². The molecule has 0 bridgehead atoms. The molecule has 0 saturated carbocycles. The van der Waals surface area contributed by atoms with Gasteiger partial charge < -0.3 is 9.84 Å². The Morgan fingerprint density at radius 1 is 1.56 bits per heavy atom. The lowest BCUT2D eigenvalue weighted by atomic mass is 10.1. The average molecular weight is 253 g/mol. The van der Waals surface area contributed by atoms with Crippen molar-refractivity contribution in [2.24, 2.45) is 5.92 Å². The summed E-state index contributed by atoms with van der Waals surface area (Å²) < 4.78 is 5.11. The summed E-state index contributed by atoms with van der Waals surface area (Å²) in [6.45, 7) is 8.26. The molecule has 0 aliphatic heterocycles. The van der Waals surface area contributed by atoms with E-state index in [0.29, 0.717) is 0 Å². The molecule has 0 aromatic rings. The first-order valence-corrected chi connectivity index (χ1v) is 5.48. The van der Waals surface area contributed by atoms with Crippen LogP contribution in [-0.2, 0) is 9.53 Å². The van der Waals surface area contributed by atoms with Crippen molar-refractivity contribution in [3.05, 3.63) is 12.7 Å². The first kappa shape index (κ1) is 16.0. The average Bonchev–Trinajstić information content (AvgIpc) is 2.21. The SMILES string of the molecule is C#C[C@@H](C=C)CN(CC(=O)O)C(=O)OC(C)(C)C. The summed E-state index contributed by atoms with van der Waals surface area (Å²) in [6.07, 6.45) is 6.03. The zero-order valence-corrected chi connectivity index (χ0v) is 11.0. The number of carboxylic acid groups (broad SMARTS) is 1. The van der Waals surface area contributed by atoms with E-state index in [1.807, 2.05) is 0 Å². The third kappa shape index (κ3) is 6.59. The van der Waals surface area contributed by atoms with Gasteiger partial charge in [-0.3, -0.25) is 9.69 Å². The van der Waals surface area contributed by atoms with Gasteiger partial charge in [0.2, 0.25) is 0 Å². The van der Waals surface area contributed by atoms with Crippen molar-refractivity contribution in [2.45, 2.75) is 26.4 Å². The maximum absolute atomic E-state index is 11.8. The van der Waals surface area contributed by atoms with Crippen LogP contribution in [0.25, 0.3) is 0 Å². The first-order valence-electron chi connectivity index (χ1n) is 5.48. The zero-order chi connectivity index (χ0) is 14.3. The molecule has 0 radical (unpaired) electrons. The van der Waals surface area contributed by atoms with E-state index < -0.39 is 30.1 Å². The molecule has 100 valence electrons. The van der Waals surface area contributed by atoms with E-state index in [0.717, 1.165) is 4.90 Å². The number of hydrogen-bond acceptors (Lipinski definition) is 3. The maximum Gasteiger partial charge on any atom is 0.410 e. The van der Waals surface area contributed by atoms with Gasteiger partial charge in [0.15, 0.2) is 0 Å². The Hall–Kier alpha value is -1.96. The third-order valence-electron chi connectivity index (χ3n) is 1.89. The number of nitrogens with zero attached hydrogens (tertiary/aromatic N) is 1.